The summed E-state index contributed by atoms with van der Waals surface area (Å²) in [6.07, 6.45) is 2.02. The van der Waals surface area contributed by atoms with Crippen LogP contribution in [-0.4, -0.2) is 25.8 Å². The van der Waals surface area contributed by atoms with Gasteiger partial charge in [0.05, 0.1) is 17.0 Å². The molecule has 1 aromatic rings. The number of aryl methyl sites for hydroxylation is 1. The van der Waals surface area contributed by atoms with Crippen LogP contribution in [0.5, 0.6) is 0 Å². The number of aromatic nitrogens is 2. The molecule has 1 N–H and O–H groups in total. The minimum absolute atomic E-state index is 0.154. The third-order valence-corrected chi connectivity index (χ3v) is 3.39. The number of hydrogen-bond acceptors (Lipinski definition) is 4. The summed E-state index contributed by atoms with van der Waals surface area (Å²) in [6, 6.07) is 0. The van der Waals surface area contributed by atoms with Crippen molar-refractivity contribution >= 4 is 17.7 Å². The predicted octanol–water partition coefficient (Wildman–Crippen LogP) is 2.77. The van der Waals surface area contributed by atoms with Gasteiger partial charge in [-0.05, 0) is 6.42 Å². The maximum absolute atomic E-state index is 10.9. The van der Waals surface area contributed by atoms with E-state index in [1.807, 2.05) is 6.92 Å². The van der Waals surface area contributed by atoms with E-state index in [4.69, 9.17) is 5.11 Å². The Balaban J connectivity index is 2.87. The van der Waals surface area contributed by atoms with Gasteiger partial charge in [0.2, 0.25) is 0 Å². The highest BCUT2D eigenvalue weighted by molar-refractivity contribution is 7.99. The average molecular weight is 254 g/mol. The summed E-state index contributed by atoms with van der Waals surface area (Å²) in [5, 5.41) is 8.96. The highest BCUT2D eigenvalue weighted by Crippen LogP contribution is 2.26. The molecule has 0 aromatic carbocycles. The molecule has 0 aliphatic heterocycles. The van der Waals surface area contributed by atoms with Gasteiger partial charge in [0.25, 0.3) is 0 Å². The van der Waals surface area contributed by atoms with Gasteiger partial charge < -0.3 is 5.11 Å². The maximum Gasteiger partial charge on any atom is 0.339 e. The lowest BCUT2D eigenvalue weighted by Gasteiger charge is -2.16. The standard InChI is InChI=1S/C12H18N2O2S/c1-5-9-8(11(15)16)6-13-10(14-9)7-17-12(2,3)4/h6H,5,7H2,1-4H3,(H,15,16). The monoisotopic (exact) mass is 254 g/mol. The molecule has 0 amide bonds. The van der Waals surface area contributed by atoms with E-state index in [0.29, 0.717) is 23.7 Å². The Morgan fingerprint density at radius 3 is 2.59 bits per heavy atom. The highest BCUT2D eigenvalue weighted by Gasteiger charge is 2.15. The van der Waals surface area contributed by atoms with Gasteiger partial charge in [-0.1, -0.05) is 27.7 Å². The Bertz CT molecular complexity index is 413. The summed E-state index contributed by atoms with van der Waals surface area (Å²) in [5.74, 6) is 0.444. The predicted molar refractivity (Wildman–Crippen MR) is 69.4 cm³/mol. The first-order chi connectivity index (χ1) is 7.83. The minimum atomic E-state index is -0.961. The Morgan fingerprint density at radius 1 is 1.47 bits per heavy atom. The van der Waals surface area contributed by atoms with Crippen molar-refractivity contribution in [2.75, 3.05) is 0 Å². The fourth-order valence-electron chi connectivity index (χ4n) is 1.26. The molecule has 5 heteroatoms. The van der Waals surface area contributed by atoms with Crippen LogP contribution in [0.1, 0.15) is 49.6 Å². The van der Waals surface area contributed by atoms with Crippen LogP contribution in [-0.2, 0) is 12.2 Å². The fraction of sp³-hybridized carbons (Fsp3) is 0.583. The summed E-state index contributed by atoms with van der Waals surface area (Å²) in [6.45, 7) is 8.29. The zero-order valence-corrected chi connectivity index (χ0v) is 11.5. The van der Waals surface area contributed by atoms with Gasteiger partial charge in [0, 0.05) is 10.9 Å². The highest BCUT2D eigenvalue weighted by atomic mass is 32.2. The van der Waals surface area contributed by atoms with Crippen LogP contribution in [0.4, 0.5) is 0 Å². The van der Waals surface area contributed by atoms with Crippen LogP contribution in [0, 0.1) is 0 Å². The molecule has 0 atom stereocenters. The number of carboxylic acids is 1. The van der Waals surface area contributed by atoms with E-state index in [0.717, 1.165) is 0 Å². The molecule has 94 valence electrons. The summed E-state index contributed by atoms with van der Waals surface area (Å²) in [7, 11) is 0. The molecule has 0 saturated carbocycles. The van der Waals surface area contributed by atoms with Crippen LogP contribution in [0.15, 0.2) is 6.20 Å². The van der Waals surface area contributed by atoms with Crippen molar-refractivity contribution in [3.63, 3.8) is 0 Å². The van der Waals surface area contributed by atoms with E-state index in [-0.39, 0.29) is 10.3 Å². The zero-order valence-electron chi connectivity index (χ0n) is 10.6. The number of thioether (sulfide) groups is 1. The summed E-state index contributed by atoms with van der Waals surface area (Å²) in [5.41, 5.74) is 0.814. The molecule has 1 aromatic heterocycles. The molecule has 1 heterocycles. The lowest BCUT2D eigenvalue weighted by molar-refractivity contribution is 0.0694. The second-order valence-electron chi connectivity index (χ2n) is 4.71. The molecule has 0 fully saturated rings. The SMILES string of the molecule is CCc1nc(CSC(C)(C)C)ncc1C(=O)O. The summed E-state index contributed by atoms with van der Waals surface area (Å²) in [4.78, 5) is 19.3. The molecule has 17 heavy (non-hydrogen) atoms. The van der Waals surface area contributed by atoms with Crippen molar-refractivity contribution < 1.29 is 9.90 Å². The topological polar surface area (TPSA) is 63.1 Å². The van der Waals surface area contributed by atoms with Crippen molar-refractivity contribution in [3.8, 4) is 0 Å². The number of carbonyl (C=O) groups is 1. The van der Waals surface area contributed by atoms with E-state index in [2.05, 4.69) is 30.7 Å². The Labute approximate surface area is 106 Å². The van der Waals surface area contributed by atoms with Crippen molar-refractivity contribution in [2.45, 2.75) is 44.6 Å². The molecular formula is C12H18N2O2S. The van der Waals surface area contributed by atoms with Gasteiger partial charge in [0.15, 0.2) is 0 Å². The van der Waals surface area contributed by atoms with Crippen LogP contribution in [0.25, 0.3) is 0 Å². The van der Waals surface area contributed by atoms with Gasteiger partial charge in [-0.15, -0.1) is 11.8 Å². The molecule has 1 rings (SSSR count). The quantitative estimate of drug-likeness (QED) is 0.895. The minimum Gasteiger partial charge on any atom is -0.478 e. The van der Waals surface area contributed by atoms with Crippen LogP contribution in [0.3, 0.4) is 0 Å². The van der Waals surface area contributed by atoms with E-state index < -0.39 is 5.97 Å². The Hall–Kier alpha value is -1.10. The van der Waals surface area contributed by atoms with Crippen LogP contribution >= 0.6 is 11.8 Å². The summed E-state index contributed by atoms with van der Waals surface area (Å²) < 4.78 is 0.154. The van der Waals surface area contributed by atoms with Gasteiger partial charge in [-0.25, -0.2) is 14.8 Å². The lowest BCUT2D eigenvalue weighted by atomic mass is 10.2. The van der Waals surface area contributed by atoms with E-state index in [1.165, 1.54) is 6.20 Å². The van der Waals surface area contributed by atoms with Gasteiger partial charge in [-0.3, -0.25) is 0 Å². The first kappa shape index (κ1) is 14.0. The third-order valence-electron chi connectivity index (χ3n) is 2.12. The van der Waals surface area contributed by atoms with E-state index >= 15 is 0 Å². The van der Waals surface area contributed by atoms with E-state index in [9.17, 15) is 4.79 Å². The molecule has 0 bridgehead atoms. The number of nitrogens with zero attached hydrogens (tertiary/aromatic N) is 2. The lowest BCUT2D eigenvalue weighted by Crippen LogP contribution is -2.11. The van der Waals surface area contributed by atoms with Gasteiger partial charge in [-0.2, -0.15) is 0 Å². The average Bonchev–Trinajstić information content (AvgIpc) is 2.24. The molecule has 4 nitrogen and oxygen atoms in total. The molecule has 0 aliphatic rings. The zero-order chi connectivity index (χ0) is 13.1. The number of rotatable bonds is 4. The number of hydrogen-bond donors (Lipinski definition) is 1. The largest absolute Gasteiger partial charge is 0.478 e. The van der Waals surface area contributed by atoms with Crippen LogP contribution < -0.4 is 0 Å². The van der Waals surface area contributed by atoms with Crippen molar-refractivity contribution in [2.24, 2.45) is 0 Å². The van der Waals surface area contributed by atoms with E-state index in [1.54, 1.807) is 11.8 Å². The molecule has 0 spiro atoms. The number of carboxylic acid groups (broad SMARTS) is 1. The van der Waals surface area contributed by atoms with Crippen molar-refractivity contribution in [3.05, 3.63) is 23.3 Å². The molecule has 0 radical (unpaired) electrons. The normalized spacial score (nSPS) is 11.5. The molecule has 0 saturated heterocycles. The van der Waals surface area contributed by atoms with Crippen molar-refractivity contribution in [1.82, 2.24) is 9.97 Å². The maximum atomic E-state index is 10.9. The Morgan fingerprint density at radius 2 is 2.12 bits per heavy atom. The van der Waals surface area contributed by atoms with Crippen LogP contribution in [0.2, 0.25) is 0 Å². The Kier molecular flexibility index (Phi) is 4.51. The van der Waals surface area contributed by atoms with Gasteiger partial charge >= 0.3 is 5.97 Å². The first-order valence-electron chi connectivity index (χ1n) is 5.55. The first-order valence-corrected chi connectivity index (χ1v) is 6.54. The second-order valence-corrected chi connectivity index (χ2v) is 6.51. The molecule has 0 unspecified atom stereocenters. The smallest absolute Gasteiger partial charge is 0.339 e. The molecular weight excluding hydrogens is 236 g/mol. The number of aromatic carboxylic acids is 1. The molecule has 0 aliphatic carbocycles. The van der Waals surface area contributed by atoms with Crippen molar-refractivity contribution in [1.29, 1.82) is 0 Å². The fourth-order valence-corrected chi connectivity index (χ4v) is 1.96. The third kappa shape index (κ3) is 4.34. The van der Waals surface area contributed by atoms with Gasteiger partial charge in [0.1, 0.15) is 5.82 Å². The second kappa shape index (κ2) is 5.49. The summed E-state index contributed by atoms with van der Waals surface area (Å²) >= 11 is 1.75.